The molecule has 0 bridgehead atoms. The van der Waals surface area contributed by atoms with Crippen LogP contribution >= 0.6 is 0 Å². The van der Waals surface area contributed by atoms with Gasteiger partial charge in [-0.15, -0.1) is 0 Å². The highest BCUT2D eigenvalue weighted by Gasteiger charge is 2.22. The fourth-order valence-electron chi connectivity index (χ4n) is 2.87. The lowest BCUT2D eigenvalue weighted by molar-refractivity contribution is 0.0439. The van der Waals surface area contributed by atoms with E-state index in [9.17, 15) is 0 Å². The average Bonchev–Trinajstić information content (AvgIpc) is 2.51. The van der Waals surface area contributed by atoms with E-state index in [2.05, 4.69) is 37.1 Å². The molecule has 2 rings (SSSR count). The first kappa shape index (κ1) is 16.2. The van der Waals surface area contributed by atoms with Gasteiger partial charge in [0.05, 0.1) is 6.10 Å². The molecule has 4 nitrogen and oxygen atoms in total. The highest BCUT2D eigenvalue weighted by atomic mass is 16.5. The summed E-state index contributed by atoms with van der Waals surface area (Å²) in [6, 6.07) is 2.25. The molecule has 1 N–H and O–H groups in total. The van der Waals surface area contributed by atoms with Crippen LogP contribution in [0.2, 0.25) is 0 Å². The maximum Gasteiger partial charge on any atom is 0.131 e. The Labute approximate surface area is 128 Å². The van der Waals surface area contributed by atoms with Gasteiger partial charge in [-0.3, -0.25) is 0 Å². The van der Waals surface area contributed by atoms with Crippen LogP contribution in [0.15, 0.2) is 12.3 Å². The number of hydrogen-bond donors (Lipinski definition) is 1. The summed E-state index contributed by atoms with van der Waals surface area (Å²) in [5, 5.41) is 3.35. The standard InChI is InChI=1S/C17H29N3O/c1-4-9-21-16-7-6-8-20(13-16)17-14(3)10-15(12-19-17)11-18-5-2/h10,12,16,18H,4-9,11,13H2,1-3H3. The van der Waals surface area contributed by atoms with Crippen molar-refractivity contribution in [2.45, 2.75) is 52.7 Å². The van der Waals surface area contributed by atoms with Crippen LogP contribution in [-0.2, 0) is 11.3 Å². The summed E-state index contributed by atoms with van der Waals surface area (Å²) in [4.78, 5) is 7.09. The van der Waals surface area contributed by atoms with Gasteiger partial charge in [0.25, 0.3) is 0 Å². The minimum Gasteiger partial charge on any atom is -0.376 e. The zero-order valence-electron chi connectivity index (χ0n) is 13.7. The van der Waals surface area contributed by atoms with Crippen LogP contribution in [0.3, 0.4) is 0 Å². The lowest BCUT2D eigenvalue weighted by Gasteiger charge is -2.34. The number of hydrogen-bond acceptors (Lipinski definition) is 4. The molecule has 1 aliphatic heterocycles. The summed E-state index contributed by atoms with van der Waals surface area (Å²) < 4.78 is 5.92. The molecular formula is C17H29N3O. The van der Waals surface area contributed by atoms with Crippen LogP contribution in [0.4, 0.5) is 5.82 Å². The Bertz CT molecular complexity index is 436. The van der Waals surface area contributed by atoms with Crippen LogP contribution in [0.5, 0.6) is 0 Å². The molecule has 21 heavy (non-hydrogen) atoms. The van der Waals surface area contributed by atoms with Gasteiger partial charge in [-0.1, -0.05) is 13.8 Å². The first-order valence-electron chi connectivity index (χ1n) is 8.27. The number of pyridine rings is 1. The van der Waals surface area contributed by atoms with E-state index in [1.807, 2.05) is 6.20 Å². The van der Waals surface area contributed by atoms with Gasteiger partial charge in [-0.25, -0.2) is 4.98 Å². The summed E-state index contributed by atoms with van der Waals surface area (Å²) >= 11 is 0. The van der Waals surface area contributed by atoms with E-state index in [1.54, 1.807) is 0 Å². The second-order valence-electron chi connectivity index (χ2n) is 5.85. The van der Waals surface area contributed by atoms with Crippen LogP contribution in [0.25, 0.3) is 0 Å². The SMILES string of the molecule is CCCOC1CCCN(c2ncc(CNCC)cc2C)C1. The molecule has 1 aromatic rings. The third-order valence-corrected chi connectivity index (χ3v) is 3.92. The number of rotatable bonds is 7. The van der Waals surface area contributed by atoms with E-state index in [0.29, 0.717) is 6.10 Å². The lowest BCUT2D eigenvalue weighted by Crippen LogP contribution is -2.40. The predicted octanol–water partition coefficient (Wildman–Crippen LogP) is 2.89. The Kier molecular flexibility index (Phi) is 6.46. The van der Waals surface area contributed by atoms with Gasteiger partial charge in [0.2, 0.25) is 0 Å². The Morgan fingerprint density at radius 2 is 2.29 bits per heavy atom. The van der Waals surface area contributed by atoms with Crippen molar-refractivity contribution >= 4 is 5.82 Å². The van der Waals surface area contributed by atoms with Crippen LogP contribution < -0.4 is 10.2 Å². The number of aryl methyl sites for hydroxylation is 1. The Hall–Kier alpha value is -1.13. The number of nitrogens with zero attached hydrogens (tertiary/aromatic N) is 2. The molecular weight excluding hydrogens is 262 g/mol. The van der Waals surface area contributed by atoms with Gasteiger partial charge in [0, 0.05) is 32.4 Å². The summed E-state index contributed by atoms with van der Waals surface area (Å²) in [5.41, 5.74) is 2.52. The topological polar surface area (TPSA) is 37.4 Å². The van der Waals surface area contributed by atoms with Crippen LogP contribution in [0, 0.1) is 6.92 Å². The molecule has 118 valence electrons. The quantitative estimate of drug-likeness (QED) is 0.838. The maximum atomic E-state index is 5.92. The zero-order chi connectivity index (χ0) is 15.1. The molecule has 1 fully saturated rings. The smallest absolute Gasteiger partial charge is 0.131 e. The van der Waals surface area contributed by atoms with E-state index in [0.717, 1.165) is 45.0 Å². The summed E-state index contributed by atoms with van der Waals surface area (Å²) in [7, 11) is 0. The van der Waals surface area contributed by atoms with Gasteiger partial charge in [0.1, 0.15) is 5.82 Å². The zero-order valence-corrected chi connectivity index (χ0v) is 13.7. The molecule has 0 saturated carbocycles. The first-order chi connectivity index (χ1) is 10.2. The van der Waals surface area contributed by atoms with Gasteiger partial charge in [-0.05, 0) is 49.9 Å². The van der Waals surface area contributed by atoms with Gasteiger partial charge in [0.15, 0.2) is 0 Å². The summed E-state index contributed by atoms with van der Waals surface area (Å²) in [6.07, 6.45) is 5.82. The number of ether oxygens (including phenoxy) is 1. The molecule has 1 unspecified atom stereocenters. The second kappa shape index (κ2) is 8.35. The van der Waals surface area contributed by atoms with Gasteiger partial charge in [-0.2, -0.15) is 0 Å². The third kappa shape index (κ3) is 4.68. The highest BCUT2D eigenvalue weighted by Crippen LogP contribution is 2.23. The number of piperidine rings is 1. The second-order valence-corrected chi connectivity index (χ2v) is 5.85. The lowest BCUT2D eigenvalue weighted by atomic mass is 10.1. The molecule has 2 heterocycles. The van der Waals surface area contributed by atoms with E-state index in [4.69, 9.17) is 9.72 Å². The first-order valence-corrected chi connectivity index (χ1v) is 8.27. The number of aromatic nitrogens is 1. The Balaban J connectivity index is 2.00. The van der Waals surface area contributed by atoms with Gasteiger partial charge >= 0.3 is 0 Å². The maximum absolute atomic E-state index is 5.92. The minimum absolute atomic E-state index is 0.362. The number of anilines is 1. The average molecular weight is 291 g/mol. The molecule has 1 aliphatic rings. The molecule has 0 aromatic carbocycles. The monoisotopic (exact) mass is 291 g/mol. The van der Waals surface area contributed by atoms with Gasteiger partial charge < -0.3 is 15.0 Å². The fraction of sp³-hybridized carbons (Fsp3) is 0.706. The largest absolute Gasteiger partial charge is 0.376 e. The van der Waals surface area contributed by atoms with Crippen molar-refractivity contribution < 1.29 is 4.74 Å². The molecule has 4 heteroatoms. The van der Waals surface area contributed by atoms with Crippen molar-refractivity contribution in [3.63, 3.8) is 0 Å². The van der Waals surface area contributed by atoms with Crippen molar-refractivity contribution in [2.24, 2.45) is 0 Å². The molecule has 0 spiro atoms. The van der Waals surface area contributed by atoms with Crippen molar-refractivity contribution in [1.29, 1.82) is 0 Å². The normalized spacial score (nSPS) is 19.0. The number of nitrogens with one attached hydrogen (secondary N) is 1. The van der Waals surface area contributed by atoms with Crippen molar-refractivity contribution in [2.75, 3.05) is 31.1 Å². The van der Waals surface area contributed by atoms with Crippen molar-refractivity contribution in [1.82, 2.24) is 10.3 Å². The van der Waals surface area contributed by atoms with Crippen molar-refractivity contribution in [3.8, 4) is 0 Å². The molecule has 1 aromatic heterocycles. The summed E-state index contributed by atoms with van der Waals surface area (Å²) in [6.45, 7) is 11.3. The van der Waals surface area contributed by atoms with E-state index < -0.39 is 0 Å². The molecule has 0 aliphatic carbocycles. The highest BCUT2D eigenvalue weighted by molar-refractivity contribution is 5.47. The third-order valence-electron chi connectivity index (χ3n) is 3.92. The molecule has 0 amide bonds. The fourth-order valence-corrected chi connectivity index (χ4v) is 2.87. The Morgan fingerprint density at radius 1 is 1.43 bits per heavy atom. The predicted molar refractivity (Wildman–Crippen MR) is 87.8 cm³/mol. The van der Waals surface area contributed by atoms with E-state index in [-0.39, 0.29) is 0 Å². The minimum atomic E-state index is 0.362. The Morgan fingerprint density at radius 3 is 3.00 bits per heavy atom. The van der Waals surface area contributed by atoms with Crippen LogP contribution in [0.1, 0.15) is 44.2 Å². The van der Waals surface area contributed by atoms with E-state index in [1.165, 1.54) is 24.0 Å². The molecule has 1 saturated heterocycles. The molecule has 0 radical (unpaired) electrons. The van der Waals surface area contributed by atoms with E-state index >= 15 is 0 Å². The van der Waals surface area contributed by atoms with Crippen molar-refractivity contribution in [3.05, 3.63) is 23.4 Å². The molecule has 1 atom stereocenters. The van der Waals surface area contributed by atoms with Crippen LogP contribution in [-0.4, -0.2) is 37.3 Å². The summed E-state index contributed by atoms with van der Waals surface area (Å²) in [5.74, 6) is 1.13.